The van der Waals surface area contributed by atoms with Gasteiger partial charge in [-0.15, -0.1) is 0 Å². The van der Waals surface area contributed by atoms with Crippen molar-refractivity contribution in [3.63, 3.8) is 0 Å². The van der Waals surface area contributed by atoms with E-state index in [1.165, 1.54) is 12.1 Å². The molecule has 0 aliphatic carbocycles. The minimum atomic E-state index is -1.59. The molecule has 4 aromatic rings. The molecular formula is C44H49NO7. The number of carbonyl (C=O) groups excluding carboxylic acids is 1. The van der Waals surface area contributed by atoms with E-state index in [-0.39, 0.29) is 36.7 Å². The topological polar surface area (TPSA) is 122 Å². The zero-order valence-electron chi connectivity index (χ0n) is 30.0. The number of carbonyl (C=O) groups is 3. The second kappa shape index (κ2) is 18.3. The van der Waals surface area contributed by atoms with Gasteiger partial charge >= 0.3 is 17.9 Å². The maximum Gasteiger partial charge on any atom is 0.336 e. The molecule has 0 aromatic heterocycles. The van der Waals surface area contributed by atoms with Crippen LogP contribution in [0.2, 0.25) is 0 Å². The Bertz CT molecular complexity index is 1770. The number of rotatable bonds is 18. The highest BCUT2D eigenvalue weighted by atomic mass is 16.5. The fourth-order valence-electron chi connectivity index (χ4n) is 7.49. The van der Waals surface area contributed by atoms with E-state index in [1.54, 1.807) is 12.1 Å². The third-order valence-electron chi connectivity index (χ3n) is 10.2. The van der Waals surface area contributed by atoms with E-state index in [2.05, 4.69) is 12.2 Å². The van der Waals surface area contributed by atoms with Gasteiger partial charge in [-0.3, -0.25) is 4.79 Å². The minimum absolute atomic E-state index is 0.000138. The van der Waals surface area contributed by atoms with Crippen molar-refractivity contribution >= 4 is 17.9 Å². The molecule has 0 fully saturated rings. The Balaban J connectivity index is 1.63. The molecule has 0 saturated carbocycles. The maximum absolute atomic E-state index is 14.5. The molecule has 3 unspecified atom stereocenters. The van der Waals surface area contributed by atoms with Crippen LogP contribution in [0, 0.1) is 5.41 Å². The van der Waals surface area contributed by atoms with Crippen molar-refractivity contribution < 1.29 is 34.1 Å². The lowest BCUT2D eigenvalue weighted by atomic mass is 9.59. The fraction of sp³-hybridized carbons (Fsp3) is 0.341. The van der Waals surface area contributed by atoms with Crippen molar-refractivity contribution in [1.82, 2.24) is 5.32 Å². The highest BCUT2D eigenvalue weighted by Crippen LogP contribution is 2.53. The Morgan fingerprint density at radius 3 is 2.02 bits per heavy atom. The summed E-state index contributed by atoms with van der Waals surface area (Å²) >= 11 is 0. The van der Waals surface area contributed by atoms with Crippen LogP contribution >= 0.6 is 0 Å². The van der Waals surface area contributed by atoms with Crippen molar-refractivity contribution in [1.29, 1.82) is 0 Å². The summed E-state index contributed by atoms with van der Waals surface area (Å²) in [4.78, 5) is 40.8. The van der Waals surface area contributed by atoms with Gasteiger partial charge in [-0.05, 0) is 60.6 Å². The zero-order valence-corrected chi connectivity index (χ0v) is 30.0. The lowest BCUT2D eigenvalue weighted by Crippen LogP contribution is -2.57. The van der Waals surface area contributed by atoms with Crippen LogP contribution in [0.5, 0.6) is 0 Å². The molecule has 8 heteroatoms. The van der Waals surface area contributed by atoms with Gasteiger partial charge in [0.1, 0.15) is 6.61 Å². The molecule has 0 spiro atoms. The maximum atomic E-state index is 14.5. The predicted octanol–water partition coefficient (Wildman–Crippen LogP) is 8.74. The van der Waals surface area contributed by atoms with E-state index < -0.39 is 35.3 Å². The van der Waals surface area contributed by atoms with Crippen LogP contribution in [-0.4, -0.2) is 47.4 Å². The number of carboxylic acids is 2. The number of aromatic carboxylic acids is 1. The molecule has 0 radical (unpaired) electrons. The normalized spacial score (nSPS) is 18.5. The molecule has 1 heterocycles. The second-order valence-electron chi connectivity index (χ2n) is 13.6. The van der Waals surface area contributed by atoms with Crippen molar-refractivity contribution in [3.05, 3.63) is 154 Å². The first kappa shape index (κ1) is 38.0. The number of ether oxygens (including phenoxy) is 2. The Kier molecular flexibility index (Phi) is 13.4. The molecule has 0 bridgehead atoms. The molecule has 272 valence electrons. The van der Waals surface area contributed by atoms with E-state index in [0.717, 1.165) is 42.4 Å². The average molecular weight is 704 g/mol. The van der Waals surface area contributed by atoms with Crippen LogP contribution < -0.4 is 5.32 Å². The van der Waals surface area contributed by atoms with Crippen molar-refractivity contribution in [2.24, 2.45) is 5.41 Å². The largest absolute Gasteiger partial charge is 0.481 e. The van der Waals surface area contributed by atoms with Gasteiger partial charge in [-0.25, -0.2) is 9.59 Å². The van der Waals surface area contributed by atoms with Gasteiger partial charge in [-0.1, -0.05) is 129 Å². The van der Waals surface area contributed by atoms with Crippen LogP contribution in [0.25, 0.3) is 0 Å². The monoisotopic (exact) mass is 703 g/mol. The van der Waals surface area contributed by atoms with E-state index in [1.807, 2.05) is 97.9 Å². The predicted molar refractivity (Wildman–Crippen MR) is 201 cm³/mol. The van der Waals surface area contributed by atoms with Gasteiger partial charge in [0.25, 0.3) is 0 Å². The molecule has 0 amide bonds. The van der Waals surface area contributed by atoms with E-state index >= 15 is 0 Å². The summed E-state index contributed by atoms with van der Waals surface area (Å²) in [5.74, 6) is -4.11. The first-order chi connectivity index (χ1) is 25.3. The van der Waals surface area contributed by atoms with Gasteiger partial charge in [0, 0.05) is 30.2 Å². The van der Waals surface area contributed by atoms with Crippen LogP contribution in [0.15, 0.2) is 127 Å². The van der Waals surface area contributed by atoms with Gasteiger partial charge in [-0.2, -0.15) is 0 Å². The summed E-state index contributed by atoms with van der Waals surface area (Å²) in [7, 11) is 0. The van der Waals surface area contributed by atoms with Gasteiger partial charge in [0.2, 0.25) is 0 Å². The molecular weight excluding hydrogens is 654 g/mol. The van der Waals surface area contributed by atoms with Gasteiger partial charge < -0.3 is 25.0 Å². The minimum Gasteiger partial charge on any atom is -0.481 e. The van der Waals surface area contributed by atoms with Crippen LogP contribution in [-0.2, 0) is 25.7 Å². The number of unbranched alkanes of at least 4 members (excludes halogenated alkanes) is 3. The molecule has 5 rings (SSSR count). The highest BCUT2D eigenvalue weighted by molar-refractivity contribution is 5.95. The Morgan fingerprint density at radius 1 is 0.788 bits per heavy atom. The summed E-state index contributed by atoms with van der Waals surface area (Å²) in [6.07, 6.45) is 4.65. The Hall–Kier alpha value is -5.21. The van der Waals surface area contributed by atoms with Crippen LogP contribution in [0.3, 0.4) is 0 Å². The summed E-state index contributed by atoms with van der Waals surface area (Å²) in [5.41, 5.74) is 2.29. The third kappa shape index (κ3) is 8.98. The van der Waals surface area contributed by atoms with Crippen LogP contribution in [0.4, 0.5) is 0 Å². The van der Waals surface area contributed by atoms with E-state index in [0.29, 0.717) is 24.3 Å². The smallest absolute Gasteiger partial charge is 0.336 e. The number of hydrogen-bond donors (Lipinski definition) is 3. The van der Waals surface area contributed by atoms with E-state index in [4.69, 9.17) is 9.47 Å². The second-order valence-corrected chi connectivity index (χ2v) is 13.6. The summed E-state index contributed by atoms with van der Waals surface area (Å²) in [6.45, 7) is 4.48. The standard InChI is InChI=1S/C44H49NO7/c1-3-4-5-15-27-51-30-38-39(42(48)52-29-32-17-9-6-10-18-32)40(35-23-16-24-36(28-35)41(46)47)44(43(49)50,31(2)45-38)26-25-37(33-19-11-7-12-20-33)34-21-13-8-14-22-34/h6-14,16-24,28,31,37,40,45H,3-5,15,25-27,29-30H2,1-2H3,(H,46,47)(H,49,50). The number of carboxylic acid groups (broad SMARTS) is 2. The number of aliphatic carboxylic acids is 1. The fourth-order valence-corrected chi connectivity index (χ4v) is 7.49. The number of benzene rings is 4. The molecule has 3 atom stereocenters. The van der Waals surface area contributed by atoms with Crippen molar-refractivity contribution in [3.8, 4) is 0 Å². The van der Waals surface area contributed by atoms with Crippen molar-refractivity contribution in [2.75, 3.05) is 13.2 Å². The zero-order chi connectivity index (χ0) is 36.9. The SMILES string of the molecule is CCCCCCOCC1=C(C(=O)OCc2ccccc2)C(c2cccc(C(=O)O)c2)C(CCC(c2ccccc2)c2ccccc2)(C(=O)O)C(C)N1. The number of esters is 1. The molecule has 3 N–H and O–H groups in total. The lowest BCUT2D eigenvalue weighted by molar-refractivity contribution is -0.154. The lowest BCUT2D eigenvalue weighted by Gasteiger charge is -2.48. The number of hydrogen-bond acceptors (Lipinski definition) is 6. The van der Waals surface area contributed by atoms with Crippen molar-refractivity contribution in [2.45, 2.75) is 76.9 Å². The average Bonchev–Trinajstić information content (AvgIpc) is 3.17. The molecule has 4 aromatic carbocycles. The van der Waals surface area contributed by atoms with Gasteiger partial charge in [0.05, 0.1) is 23.2 Å². The molecule has 0 saturated heterocycles. The summed E-state index contributed by atoms with van der Waals surface area (Å²) in [6, 6.07) is 34.9. The third-order valence-corrected chi connectivity index (χ3v) is 10.2. The molecule has 1 aliphatic heterocycles. The molecule has 52 heavy (non-hydrogen) atoms. The first-order valence-electron chi connectivity index (χ1n) is 18.2. The first-order valence-corrected chi connectivity index (χ1v) is 18.2. The Morgan fingerprint density at radius 2 is 1.42 bits per heavy atom. The quantitative estimate of drug-likeness (QED) is 0.0695. The number of nitrogens with one attached hydrogen (secondary N) is 1. The summed E-state index contributed by atoms with van der Waals surface area (Å²) in [5, 5.41) is 24.9. The molecule has 1 aliphatic rings. The van der Waals surface area contributed by atoms with Crippen LogP contribution in [0.1, 0.15) is 96.8 Å². The highest BCUT2D eigenvalue weighted by Gasteiger charge is 2.57. The molecule has 8 nitrogen and oxygen atoms in total. The Labute approximate surface area is 306 Å². The summed E-state index contributed by atoms with van der Waals surface area (Å²) < 4.78 is 12.1. The van der Waals surface area contributed by atoms with E-state index in [9.17, 15) is 24.6 Å². The van der Waals surface area contributed by atoms with Gasteiger partial charge in [0.15, 0.2) is 0 Å².